The first kappa shape index (κ1) is 23.9. The Bertz CT molecular complexity index is 1170. The molecule has 3 aromatic rings. The number of aliphatic hydroxyl groups excluding tert-OH is 1. The van der Waals surface area contributed by atoms with E-state index in [9.17, 15) is 0 Å². The first-order valence-corrected chi connectivity index (χ1v) is 12.7. The summed E-state index contributed by atoms with van der Waals surface area (Å²) in [5, 5.41) is 9.95. The average Bonchev–Trinajstić information content (AvgIpc) is 3.05. The molecule has 0 atom stereocenters. The smallest absolute Gasteiger partial charge is 0.131 e. The van der Waals surface area contributed by atoms with E-state index in [2.05, 4.69) is 34.2 Å². The molecule has 0 radical (unpaired) electrons. The lowest BCUT2D eigenvalue weighted by atomic mass is 9.89. The third-order valence-corrected chi connectivity index (χ3v) is 7.12. The lowest BCUT2D eigenvalue weighted by Gasteiger charge is -2.32. The maximum absolute atomic E-state index is 9.15. The molecule has 35 heavy (non-hydrogen) atoms. The Balaban J connectivity index is 1.30. The molecule has 1 N–H and O–H groups in total. The molecule has 3 heterocycles. The summed E-state index contributed by atoms with van der Waals surface area (Å²) in [4.78, 5) is 7.13. The number of aliphatic hydroxyl groups is 1. The van der Waals surface area contributed by atoms with Crippen LogP contribution in [-0.4, -0.2) is 47.8 Å². The molecular formula is C29H31ClN2O3. The predicted molar refractivity (Wildman–Crippen MR) is 139 cm³/mol. The largest absolute Gasteiger partial charge is 0.491 e. The molecule has 5 rings (SSSR count). The molecule has 2 aliphatic rings. The SMILES string of the molecule is OCCOc1ccc2c(c1)C(=CCCN1CCC(c3ccc(Cl)cc3)CC1)c1cccnc1CO2. The van der Waals surface area contributed by atoms with Crippen molar-refractivity contribution in [3.05, 3.63) is 94.3 Å². The fourth-order valence-corrected chi connectivity index (χ4v) is 5.15. The highest BCUT2D eigenvalue weighted by Crippen LogP contribution is 2.38. The normalized spacial score (nSPS) is 17.4. The Hall–Kier alpha value is -2.86. The Morgan fingerprint density at radius 1 is 1.09 bits per heavy atom. The molecule has 5 nitrogen and oxygen atoms in total. The van der Waals surface area contributed by atoms with Gasteiger partial charge in [0.15, 0.2) is 0 Å². The standard InChI is InChI=1S/C29H31ClN2O3/c30-23-7-5-21(6-8-23)22-11-15-32(16-12-22)14-2-4-25-26-3-1-13-31-28(26)20-35-29-10-9-24(19-27(25)29)34-18-17-33/h1,3-10,13,19,22,33H,2,11-12,14-18,20H2. The van der Waals surface area contributed by atoms with Gasteiger partial charge < -0.3 is 19.5 Å². The van der Waals surface area contributed by atoms with Crippen molar-refractivity contribution in [1.82, 2.24) is 9.88 Å². The Morgan fingerprint density at radius 3 is 2.71 bits per heavy atom. The van der Waals surface area contributed by atoms with Crippen LogP contribution in [0.15, 0.2) is 66.9 Å². The molecule has 0 spiro atoms. The molecule has 6 heteroatoms. The summed E-state index contributed by atoms with van der Waals surface area (Å²) >= 11 is 6.06. The van der Waals surface area contributed by atoms with Gasteiger partial charge in [-0.15, -0.1) is 0 Å². The average molecular weight is 491 g/mol. The van der Waals surface area contributed by atoms with E-state index in [1.165, 1.54) is 18.4 Å². The zero-order valence-electron chi connectivity index (χ0n) is 19.8. The van der Waals surface area contributed by atoms with Gasteiger partial charge in [0.2, 0.25) is 0 Å². The molecule has 182 valence electrons. The number of fused-ring (bicyclic) bond motifs is 2. The van der Waals surface area contributed by atoms with Crippen LogP contribution in [0.4, 0.5) is 0 Å². The number of hydrogen-bond donors (Lipinski definition) is 1. The molecule has 0 aliphatic carbocycles. The van der Waals surface area contributed by atoms with Crippen LogP contribution in [0, 0.1) is 0 Å². The summed E-state index contributed by atoms with van der Waals surface area (Å²) < 4.78 is 11.8. The predicted octanol–water partition coefficient (Wildman–Crippen LogP) is 5.70. The van der Waals surface area contributed by atoms with Crippen LogP contribution in [0.5, 0.6) is 11.5 Å². The second-order valence-electron chi connectivity index (χ2n) is 9.09. The van der Waals surface area contributed by atoms with Gasteiger partial charge in [0.25, 0.3) is 0 Å². The molecule has 0 unspecified atom stereocenters. The molecule has 1 fully saturated rings. The van der Waals surface area contributed by atoms with Gasteiger partial charge in [-0.2, -0.15) is 0 Å². The van der Waals surface area contributed by atoms with Crippen molar-refractivity contribution >= 4 is 17.2 Å². The van der Waals surface area contributed by atoms with E-state index < -0.39 is 0 Å². The summed E-state index contributed by atoms with van der Waals surface area (Å²) in [5.74, 6) is 2.17. The number of piperidine rings is 1. The number of aromatic nitrogens is 1. The summed E-state index contributed by atoms with van der Waals surface area (Å²) in [6.07, 6.45) is 7.42. The van der Waals surface area contributed by atoms with Gasteiger partial charge in [0.05, 0.1) is 12.3 Å². The summed E-state index contributed by atoms with van der Waals surface area (Å²) in [6, 6.07) is 18.3. The van der Waals surface area contributed by atoms with Crippen LogP contribution in [0.2, 0.25) is 5.02 Å². The van der Waals surface area contributed by atoms with E-state index in [1.54, 1.807) is 0 Å². The maximum Gasteiger partial charge on any atom is 0.131 e. The van der Waals surface area contributed by atoms with E-state index in [0.717, 1.165) is 65.0 Å². The molecule has 0 saturated carbocycles. The molecular weight excluding hydrogens is 460 g/mol. The minimum absolute atomic E-state index is 0.0161. The van der Waals surface area contributed by atoms with Gasteiger partial charge in [-0.1, -0.05) is 35.9 Å². The fourth-order valence-electron chi connectivity index (χ4n) is 5.02. The third-order valence-electron chi connectivity index (χ3n) is 6.87. The van der Waals surface area contributed by atoms with Gasteiger partial charge in [0.1, 0.15) is 24.7 Å². The van der Waals surface area contributed by atoms with Crippen molar-refractivity contribution < 1.29 is 14.6 Å². The lowest BCUT2D eigenvalue weighted by Crippen LogP contribution is -2.33. The van der Waals surface area contributed by atoms with Crippen molar-refractivity contribution in [2.24, 2.45) is 0 Å². The number of ether oxygens (including phenoxy) is 2. The van der Waals surface area contributed by atoms with Crippen LogP contribution in [0.25, 0.3) is 5.57 Å². The van der Waals surface area contributed by atoms with E-state index in [-0.39, 0.29) is 13.2 Å². The van der Waals surface area contributed by atoms with E-state index in [4.69, 9.17) is 26.2 Å². The number of rotatable bonds is 7. The van der Waals surface area contributed by atoms with E-state index in [1.807, 2.05) is 42.6 Å². The highest BCUT2D eigenvalue weighted by Gasteiger charge is 2.22. The number of halogens is 1. The van der Waals surface area contributed by atoms with Crippen molar-refractivity contribution in [3.63, 3.8) is 0 Å². The highest BCUT2D eigenvalue weighted by atomic mass is 35.5. The van der Waals surface area contributed by atoms with Gasteiger partial charge >= 0.3 is 0 Å². The Kier molecular flexibility index (Phi) is 7.67. The minimum atomic E-state index is -0.0161. The van der Waals surface area contributed by atoms with Crippen molar-refractivity contribution in [1.29, 1.82) is 0 Å². The van der Waals surface area contributed by atoms with E-state index in [0.29, 0.717) is 12.5 Å². The van der Waals surface area contributed by atoms with Crippen LogP contribution in [-0.2, 0) is 6.61 Å². The number of nitrogens with zero attached hydrogens (tertiary/aromatic N) is 2. The van der Waals surface area contributed by atoms with Gasteiger partial charge in [-0.05, 0) is 85.8 Å². The monoisotopic (exact) mass is 490 g/mol. The van der Waals surface area contributed by atoms with Gasteiger partial charge in [-0.3, -0.25) is 4.98 Å². The van der Waals surface area contributed by atoms with Crippen molar-refractivity contribution in [2.75, 3.05) is 32.8 Å². The quantitative estimate of drug-likeness (QED) is 0.460. The Labute approximate surface area is 212 Å². The van der Waals surface area contributed by atoms with Crippen LogP contribution in [0.3, 0.4) is 0 Å². The van der Waals surface area contributed by atoms with E-state index >= 15 is 0 Å². The van der Waals surface area contributed by atoms with Crippen LogP contribution >= 0.6 is 11.6 Å². The Morgan fingerprint density at radius 2 is 1.91 bits per heavy atom. The van der Waals surface area contributed by atoms with Gasteiger partial charge in [0, 0.05) is 28.9 Å². The first-order chi connectivity index (χ1) is 17.2. The lowest BCUT2D eigenvalue weighted by molar-refractivity contribution is 0.201. The van der Waals surface area contributed by atoms with Crippen LogP contribution in [0.1, 0.15) is 47.6 Å². The first-order valence-electron chi connectivity index (χ1n) is 12.3. The maximum atomic E-state index is 9.15. The molecule has 0 bridgehead atoms. The van der Waals surface area contributed by atoms with Crippen molar-refractivity contribution in [2.45, 2.75) is 31.8 Å². The molecule has 1 aromatic heterocycles. The number of hydrogen-bond acceptors (Lipinski definition) is 5. The molecule has 0 amide bonds. The minimum Gasteiger partial charge on any atom is -0.491 e. The van der Waals surface area contributed by atoms with Crippen LogP contribution < -0.4 is 9.47 Å². The second kappa shape index (κ2) is 11.3. The summed E-state index contributed by atoms with van der Waals surface area (Å²) in [5.41, 5.74) is 5.58. The molecule has 2 aliphatic heterocycles. The highest BCUT2D eigenvalue weighted by molar-refractivity contribution is 6.30. The zero-order valence-corrected chi connectivity index (χ0v) is 20.6. The van der Waals surface area contributed by atoms with Crippen molar-refractivity contribution in [3.8, 4) is 11.5 Å². The number of pyridine rings is 1. The molecule has 1 saturated heterocycles. The second-order valence-corrected chi connectivity index (χ2v) is 9.53. The van der Waals surface area contributed by atoms with Gasteiger partial charge in [-0.25, -0.2) is 0 Å². The fraction of sp³-hybridized carbons (Fsp3) is 0.345. The third kappa shape index (κ3) is 5.69. The number of likely N-dealkylation sites (tertiary alicyclic amines) is 1. The summed E-state index contributed by atoms with van der Waals surface area (Å²) in [6.45, 7) is 3.92. The summed E-state index contributed by atoms with van der Waals surface area (Å²) in [7, 11) is 0. The molecule has 2 aromatic carbocycles. The number of benzene rings is 2. The zero-order chi connectivity index (χ0) is 24.0. The topological polar surface area (TPSA) is 54.8 Å².